The zero-order valence-corrected chi connectivity index (χ0v) is 16.1. The summed E-state index contributed by atoms with van der Waals surface area (Å²) in [6.45, 7) is 2.49. The standard InChI is InChI=1S/C21H30O3S.Na.H/c1-2-3-4-5-6-7-8-9-12-18-24-25(22,23)21-17-13-15-19-14-10-11-16-20(19)21;;/h10-11,13-17H,2-9,12,18H2,1H3;;. The predicted octanol–water partition coefficient (Wildman–Crippen LogP) is 5.43. The monoisotopic (exact) mass is 386 g/mol. The summed E-state index contributed by atoms with van der Waals surface area (Å²) >= 11 is 0. The third-order valence-electron chi connectivity index (χ3n) is 4.51. The van der Waals surface area contributed by atoms with Crippen molar-refractivity contribution in [3.05, 3.63) is 42.5 Å². The molecular formula is C21H31NaO3S. The fourth-order valence-electron chi connectivity index (χ4n) is 3.06. The molecule has 0 aliphatic carbocycles. The first-order valence-electron chi connectivity index (χ1n) is 9.52. The molecule has 0 unspecified atom stereocenters. The quantitative estimate of drug-likeness (QED) is 0.278. The number of fused-ring (bicyclic) bond motifs is 1. The molecule has 0 aromatic heterocycles. The first-order chi connectivity index (χ1) is 12.1. The van der Waals surface area contributed by atoms with Crippen molar-refractivity contribution in [1.82, 2.24) is 0 Å². The normalized spacial score (nSPS) is 11.4. The Morgan fingerprint density at radius 1 is 0.769 bits per heavy atom. The van der Waals surface area contributed by atoms with E-state index in [2.05, 4.69) is 6.92 Å². The van der Waals surface area contributed by atoms with Crippen LogP contribution in [-0.4, -0.2) is 44.6 Å². The van der Waals surface area contributed by atoms with Crippen molar-refractivity contribution in [2.45, 2.75) is 69.6 Å². The molecule has 0 bridgehead atoms. The Kier molecular flexibility index (Phi) is 11.7. The zero-order chi connectivity index (χ0) is 18.0. The molecule has 0 saturated heterocycles. The summed E-state index contributed by atoms with van der Waals surface area (Å²) in [5, 5.41) is 1.63. The molecule has 0 fully saturated rings. The van der Waals surface area contributed by atoms with Gasteiger partial charge >= 0.3 is 29.6 Å². The van der Waals surface area contributed by atoms with E-state index in [1.165, 1.54) is 38.5 Å². The van der Waals surface area contributed by atoms with Crippen LogP contribution in [0.4, 0.5) is 0 Å². The van der Waals surface area contributed by atoms with Gasteiger partial charge in [0, 0.05) is 5.39 Å². The second-order valence-electron chi connectivity index (χ2n) is 6.58. The van der Waals surface area contributed by atoms with Crippen LogP contribution in [0.2, 0.25) is 0 Å². The molecule has 2 rings (SSSR count). The van der Waals surface area contributed by atoms with E-state index in [4.69, 9.17) is 4.18 Å². The first kappa shape index (κ1) is 23.6. The van der Waals surface area contributed by atoms with Crippen molar-refractivity contribution in [3.8, 4) is 0 Å². The molecule has 140 valence electrons. The Balaban J connectivity index is 0.00000338. The fourth-order valence-corrected chi connectivity index (χ4v) is 4.22. The zero-order valence-electron chi connectivity index (χ0n) is 15.2. The molecule has 3 nitrogen and oxygen atoms in total. The van der Waals surface area contributed by atoms with E-state index < -0.39 is 10.1 Å². The van der Waals surface area contributed by atoms with Gasteiger partial charge in [-0.25, -0.2) is 0 Å². The number of hydrogen-bond donors (Lipinski definition) is 0. The van der Waals surface area contributed by atoms with Crippen LogP contribution in [0, 0.1) is 0 Å². The van der Waals surface area contributed by atoms with Crippen LogP contribution in [0.1, 0.15) is 64.7 Å². The molecule has 0 spiro atoms. The number of unbranched alkanes of at least 4 members (excludes halogenated alkanes) is 8. The molecule has 0 aliphatic rings. The maximum absolute atomic E-state index is 12.5. The summed E-state index contributed by atoms with van der Waals surface area (Å²) in [7, 11) is -3.69. The number of benzene rings is 2. The second kappa shape index (κ2) is 12.9. The van der Waals surface area contributed by atoms with Gasteiger partial charge in [-0.15, -0.1) is 0 Å². The molecule has 5 heteroatoms. The average Bonchev–Trinajstić information content (AvgIpc) is 2.62. The second-order valence-corrected chi connectivity index (χ2v) is 8.17. The van der Waals surface area contributed by atoms with Gasteiger partial charge in [-0.05, 0) is 17.9 Å². The van der Waals surface area contributed by atoms with Crippen molar-refractivity contribution >= 4 is 50.4 Å². The fraction of sp³-hybridized carbons (Fsp3) is 0.524. The van der Waals surface area contributed by atoms with Crippen molar-refractivity contribution in [2.24, 2.45) is 0 Å². The van der Waals surface area contributed by atoms with Crippen LogP contribution in [0.25, 0.3) is 10.8 Å². The van der Waals surface area contributed by atoms with Crippen LogP contribution in [0.5, 0.6) is 0 Å². The van der Waals surface area contributed by atoms with Gasteiger partial charge in [0.25, 0.3) is 10.1 Å². The Hall–Kier alpha value is -0.390. The molecule has 0 atom stereocenters. The SMILES string of the molecule is CCCCCCCCCCCOS(=O)(=O)c1cccc2ccccc12.[NaH]. The van der Waals surface area contributed by atoms with Gasteiger partial charge in [-0.2, -0.15) is 8.42 Å². The van der Waals surface area contributed by atoms with Gasteiger partial charge in [0.15, 0.2) is 0 Å². The average molecular weight is 387 g/mol. The van der Waals surface area contributed by atoms with E-state index in [9.17, 15) is 8.42 Å². The van der Waals surface area contributed by atoms with Gasteiger partial charge in [0.1, 0.15) is 4.90 Å². The van der Waals surface area contributed by atoms with Crippen molar-refractivity contribution in [3.63, 3.8) is 0 Å². The Labute approximate surface area is 180 Å². The van der Waals surface area contributed by atoms with Crippen LogP contribution < -0.4 is 0 Å². The van der Waals surface area contributed by atoms with E-state index in [0.717, 1.165) is 30.0 Å². The summed E-state index contributed by atoms with van der Waals surface area (Å²) in [6, 6.07) is 12.8. The van der Waals surface area contributed by atoms with Gasteiger partial charge < -0.3 is 0 Å². The van der Waals surface area contributed by atoms with Gasteiger partial charge in [0.05, 0.1) is 6.61 Å². The first-order valence-corrected chi connectivity index (χ1v) is 10.9. The Morgan fingerprint density at radius 2 is 1.35 bits per heavy atom. The summed E-state index contributed by atoms with van der Waals surface area (Å²) in [5.41, 5.74) is 0. The molecule has 2 aromatic carbocycles. The molecule has 0 radical (unpaired) electrons. The van der Waals surface area contributed by atoms with Crippen molar-refractivity contribution < 1.29 is 12.6 Å². The van der Waals surface area contributed by atoms with Gasteiger partial charge in [0.2, 0.25) is 0 Å². The molecule has 0 aliphatic heterocycles. The number of hydrogen-bond acceptors (Lipinski definition) is 3. The van der Waals surface area contributed by atoms with E-state index >= 15 is 0 Å². The Morgan fingerprint density at radius 3 is 2.04 bits per heavy atom. The molecule has 2 aromatic rings. The van der Waals surface area contributed by atoms with Crippen LogP contribution in [0.3, 0.4) is 0 Å². The minimum atomic E-state index is -3.69. The molecule has 26 heavy (non-hydrogen) atoms. The van der Waals surface area contributed by atoms with Crippen molar-refractivity contribution in [1.29, 1.82) is 0 Å². The third kappa shape index (κ3) is 7.69. The van der Waals surface area contributed by atoms with Gasteiger partial charge in [-0.1, -0.05) is 94.7 Å². The molecule has 0 heterocycles. The molecule has 0 N–H and O–H groups in total. The number of rotatable bonds is 12. The molecule has 0 saturated carbocycles. The van der Waals surface area contributed by atoms with Gasteiger partial charge in [-0.3, -0.25) is 4.18 Å². The predicted molar refractivity (Wildman–Crippen MR) is 111 cm³/mol. The Bertz CT molecular complexity index is 739. The van der Waals surface area contributed by atoms with E-state index in [-0.39, 0.29) is 41.1 Å². The van der Waals surface area contributed by atoms with Crippen molar-refractivity contribution in [2.75, 3.05) is 6.61 Å². The third-order valence-corrected chi connectivity index (χ3v) is 5.88. The summed E-state index contributed by atoms with van der Waals surface area (Å²) < 4.78 is 30.2. The van der Waals surface area contributed by atoms with Crippen LogP contribution in [-0.2, 0) is 14.3 Å². The minimum absolute atomic E-state index is 0. The summed E-state index contributed by atoms with van der Waals surface area (Å²) in [6.07, 6.45) is 10.8. The molecular weight excluding hydrogens is 355 g/mol. The van der Waals surface area contributed by atoms with E-state index in [1.54, 1.807) is 12.1 Å². The molecule has 0 amide bonds. The maximum atomic E-state index is 12.5. The van der Waals surface area contributed by atoms with E-state index in [1.807, 2.05) is 30.3 Å². The summed E-state index contributed by atoms with van der Waals surface area (Å²) in [5.74, 6) is 0. The van der Waals surface area contributed by atoms with E-state index in [0.29, 0.717) is 0 Å². The topological polar surface area (TPSA) is 43.4 Å². The summed E-state index contributed by atoms with van der Waals surface area (Å²) in [4.78, 5) is 0.265. The van der Waals surface area contributed by atoms with Crippen LogP contribution in [0.15, 0.2) is 47.4 Å². The van der Waals surface area contributed by atoms with Crippen LogP contribution >= 0.6 is 0 Å².